The minimum atomic E-state index is -0.818. The lowest BCUT2D eigenvalue weighted by atomic mass is 9.80. The summed E-state index contributed by atoms with van der Waals surface area (Å²) in [4.78, 5) is 26.8. The molecule has 0 unspecified atom stereocenters. The van der Waals surface area contributed by atoms with Gasteiger partial charge in [-0.15, -0.1) is 0 Å². The summed E-state index contributed by atoms with van der Waals surface area (Å²) in [7, 11) is 0. The number of aromatic nitrogens is 1. The number of pyridine rings is 1. The Morgan fingerprint density at radius 1 is 1.50 bits per heavy atom. The molecule has 0 aliphatic heterocycles. The fourth-order valence-electron chi connectivity index (χ4n) is 2.11. The number of hydrogen-bond donors (Lipinski definition) is 2. The maximum atomic E-state index is 12.1. The lowest BCUT2D eigenvalue weighted by molar-refractivity contribution is -0.145. The van der Waals surface area contributed by atoms with Crippen molar-refractivity contribution in [3.8, 4) is 5.88 Å². The Kier molecular flexibility index (Phi) is 5.24. The first-order chi connectivity index (χ1) is 10.4. The largest absolute Gasteiger partial charge is 0.481 e. The van der Waals surface area contributed by atoms with Crippen LogP contribution in [0.1, 0.15) is 37.0 Å². The maximum absolute atomic E-state index is 12.1. The van der Waals surface area contributed by atoms with Gasteiger partial charge in [0, 0.05) is 12.2 Å². The fraction of sp³-hybridized carbons (Fsp3) is 0.533. The van der Waals surface area contributed by atoms with Crippen molar-refractivity contribution in [2.24, 2.45) is 11.8 Å². The Morgan fingerprint density at radius 3 is 2.73 bits per heavy atom. The zero-order chi connectivity index (χ0) is 16.3. The highest BCUT2D eigenvalue weighted by atomic mass is 35.5. The first kappa shape index (κ1) is 16.5. The van der Waals surface area contributed by atoms with E-state index in [1.165, 1.54) is 12.3 Å². The summed E-state index contributed by atoms with van der Waals surface area (Å²) in [5, 5.41) is 11.9. The van der Waals surface area contributed by atoms with Gasteiger partial charge in [0.15, 0.2) is 0 Å². The van der Waals surface area contributed by atoms with E-state index in [0.717, 1.165) is 0 Å². The summed E-state index contributed by atoms with van der Waals surface area (Å²) >= 11 is 6.06. The van der Waals surface area contributed by atoms with E-state index in [4.69, 9.17) is 21.4 Å². The summed E-state index contributed by atoms with van der Waals surface area (Å²) in [5.41, 5.74) is 0.334. The van der Waals surface area contributed by atoms with Crippen LogP contribution in [0.2, 0.25) is 5.02 Å². The number of carbonyl (C=O) groups excluding carboxylic acids is 1. The average molecular weight is 327 g/mol. The van der Waals surface area contributed by atoms with Crippen LogP contribution in [0.15, 0.2) is 12.3 Å². The Hall–Kier alpha value is -1.82. The van der Waals surface area contributed by atoms with Crippen LogP contribution in [-0.4, -0.2) is 34.6 Å². The molecule has 0 aromatic carbocycles. The van der Waals surface area contributed by atoms with Gasteiger partial charge in [-0.05, 0) is 24.8 Å². The predicted molar refractivity (Wildman–Crippen MR) is 81.2 cm³/mol. The Bertz CT molecular complexity index is 571. The van der Waals surface area contributed by atoms with Crippen molar-refractivity contribution < 1.29 is 19.4 Å². The molecular weight excluding hydrogens is 308 g/mol. The zero-order valence-corrected chi connectivity index (χ0v) is 13.3. The van der Waals surface area contributed by atoms with Crippen LogP contribution in [0.25, 0.3) is 0 Å². The first-order valence-electron chi connectivity index (χ1n) is 7.18. The monoisotopic (exact) mass is 326 g/mol. The zero-order valence-electron chi connectivity index (χ0n) is 12.5. The standard InChI is InChI=1S/C15H19ClN2O4/c1-8(2)7-22-14-12(16)5-10(6-17-14)13(19)18-11-3-9(4-11)15(20)21/h5-6,8-9,11H,3-4,7H2,1-2H3,(H,18,19)(H,20,21). The second-order valence-corrected chi connectivity index (χ2v) is 6.30. The number of aliphatic carboxylic acids is 1. The molecule has 1 fully saturated rings. The molecule has 120 valence electrons. The van der Waals surface area contributed by atoms with Crippen LogP contribution in [0.4, 0.5) is 0 Å². The lowest BCUT2D eigenvalue weighted by Gasteiger charge is -2.32. The number of halogens is 1. The molecule has 1 heterocycles. The normalized spacial score (nSPS) is 20.4. The summed E-state index contributed by atoms with van der Waals surface area (Å²) in [5.74, 6) is -0.831. The van der Waals surface area contributed by atoms with Crippen molar-refractivity contribution >= 4 is 23.5 Å². The predicted octanol–water partition coefficient (Wildman–Crippen LogP) is 2.36. The average Bonchev–Trinajstić information content (AvgIpc) is 2.39. The number of rotatable bonds is 6. The third-order valence-electron chi connectivity index (χ3n) is 3.45. The number of carboxylic acid groups (broad SMARTS) is 1. The molecule has 2 N–H and O–H groups in total. The van der Waals surface area contributed by atoms with Crippen LogP contribution in [0, 0.1) is 11.8 Å². The van der Waals surface area contributed by atoms with E-state index in [1.807, 2.05) is 13.8 Å². The third-order valence-corrected chi connectivity index (χ3v) is 3.72. The lowest BCUT2D eigenvalue weighted by Crippen LogP contribution is -2.46. The van der Waals surface area contributed by atoms with Gasteiger partial charge in [0.25, 0.3) is 5.91 Å². The summed E-state index contributed by atoms with van der Waals surface area (Å²) in [6.07, 6.45) is 2.32. The van der Waals surface area contributed by atoms with E-state index in [0.29, 0.717) is 36.8 Å². The Labute approximate surface area is 133 Å². The maximum Gasteiger partial charge on any atom is 0.306 e. The van der Waals surface area contributed by atoms with Crippen LogP contribution >= 0.6 is 11.6 Å². The second-order valence-electron chi connectivity index (χ2n) is 5.89. The summed E-state index contributed by atoms with van der Waals surface area (Å²) in [6, 6.07) is 1.40. The van der Waals surface area contributed by atoms with Gasteiger partial charge < -0.3 is 15.2 Å². The van der Waals surface area contributed by atoms with E-state index in [9.17, 15) is 9.59 Å². The van der Waals surface area contributed by atoms with Crippen LogP contribution < -0.4 is 10.1 Å². The molecule has 1 aliphatic rings. The number of carbonyl (C=O) groups is 2. The molecule has 0 bridgehead atoms. The van der Waals surface area contributed by atoms with E-state index in [1.54, 1.807) is 0 Å². The molecule has 6 nitrogen and oxygen atoms in total. The topological polar surface area (TPSA) is 88.5 Å². The molecule has 0 spiro atoms. The van der Waals surface area contributed by atoms with Gasteiger partial charge in [0.1, 0.15) is 5.02 Å². The SMILES string of the molecule is CC(C)COc1ncc(C(=O)NC2CC(C(=O)O)C2)cc1Cl. The number of hydrogen-bond acceptors (Lipinski definition) is 4. The van der Waals surface area contributed by atoms with Gasteiger partial charge >= 0.3 is 5.97 Å². The van der Waals surface area contributed by atoms with E-state index >= 15 is 0 Å². The molecule has 1 amide bonds. The molecule has 0 atom stereocenters. The number of carboxylic acids is 1. The quantitative estimate of drug-likeness (QED) is 0.837. The van der Waals surface area contributed by atoms with E-state index < -0.39 is 5.97 Å². The van der Waals surface area contributed by atoms with Crippen LogP contribution in [0.5, 0.6) is 5.88 Å². The minimum Gasteiger partial charge on any atom is -0.481 e. The van der Waals surface area contributed by atoms with Gasteiger partial charge in [-0.25, -0.2) is 4.98 Å². The van der Waals surface area contributed by atoms with Crippen molar-refractivity contribution in [2.45, 2.75) is 32.7 Å². The van der Waals surface area contributed by atoms with Crippen molar-refractivity contribution in [1.29, 1.82) is 0 Å². The molecule has 2 rings (SSSR count). The van der Waals surface area contributed by atoms with E-state index in [-0.39, 0.29) is 22.9 Å². The van der Waals surface area contributed by atoms with Crippen molar-refractivity contribution in [1.82, 2.24) is 10.3 Å². The molecule has 22 heavy (non-hydrogen) atoms. The highest BCUT2D eigenvalue weighted by molar-refractivity contribution is 6.32. The first-order valence-corrected chi connectivity index (χ1v) is 7.56. The highest BCUT2D eigenvalue weighted by Crippen LogP contribution is 2.28. The smallest absolute Gasteiger partial charge is 0.306 e. The molecular formula is C15H19ClN2O4. The van der Waals surface area contributed by atoms with Gasteiger partial charge in [-0.3, -0.25) is 9.59 Å². The summed E-state index contributed by atoms with van der Waals surface area (Å²) in [6.45, 7) is 4.52. The number of nitrogens with zero attached hydrogens (tertiary/aromatic N) is 1. The number of ether oxygens (including phenoxy) is 1. The Balaban J connectivity index is 1.91. The van der Waals surface area contributed by atoms with Gasteiger partial charge in [-0.2, -0.15) is 0 Å². The minimum absolute atomic E-state index is 0.107. The van der Waals surface area contributed by atoms with Gasteiger partial charge in [0.2, 0.25) is 5.88 Å². The summed E-state index contributed by atoms with van der Waals surface area (Å²) < 4.78 is 5.45. The molecule has 0 radical (unpaired) electrons. The second kappa shape index (κ2) is 6.96. The number of nitrogens with one attached hydrogen (secondary N) is 1. The molecule has 7 heteroatoms. The van der Waals surface area contributed by atoms with Crippen LogP contribution in [-0.2, 0) is 4.79 Å². The molecule has 1 aromatic heterocycles. The molecule has 1 aromatic rings. The molecule has 1 aliphatic carbocycles. The van der Waals surface area contributed by atoms with E-state index in [2.05, 4.69) is 10.3 Å². The molecule has 1 saturated carbocycles. The Morgan fingerprint density at radius 2 is 2.18 bits per heavy atom. The van der Waals surface area contributed by atoms with Crippen molar-refractivity contribution in [3.05, 3.63) is 22.8 Å². The van der Waals surface area contributed by atoms with Gasteiger partial charge in [0.05, 0.1) is 18.1 Å². The highest BCUT2D eigenvalue weighted by Gasteiger charge is 2.35. The van der Waals surface area contributed by atoms with Crippen molar-refractivity contribution in [2.75, 3.05) is 6.61 Å². The third kappa shape index (κ3) is 4.10. The van der Waals surface area contributed by atoms with Crippen molar-refractivity contribution in [3.63, 3.8) is 0 Å². The van der Waals surface area contributed by atoms with Crippen LogP contribution in [0.3, 0.4) is 0 Å². The fourth-order valence-corrected chi connectivity index (χ4v) is 2.33. The van der Waals surface area contributed by atoms with Gasteiger partial charge in [-0.1, -0.05) is 25.4 Å². The molecule has 0 saturated heterocycles. The number of amides is 1.